The van der Waals surface area contributed by atoms with Crippen molar-refractivity contribution in [2.75, 3.05) is 39.5 Å². The number of Topliss-reactive ketones (excluding diaryl/α,β-unsaturated/α-hetero) is 1. The Morgan fingerprint density at radius 2 is 1.87 bits per heavy atom. The van der Waals surface area contributed by atoms with Crippen molar-refractivity contribution in [3.63, 3.8) is 0 Å². The van der Waals surface area contributed by atoms with Gasteiger partial charge in [0.15, 0.2) is 0 Å². The fraction of sp³-hybridized carbons (Fsp3) is 0.778. The van der Waals surface area contributed by atoms with Crippen molar-refractivity contribution in [3.8, 4) is 0 Å². The number of carbonyl (C=O) groups excluding carboxylic acids is 2. The molecule has 0 unspecified atom stereocenters. The van der Waals surface area contributed by atoms with Crippen LogP contribution in [0.2, 0.25) is 0 Å². The molecular weight excluding hydrogens is 200 g/mol. The molecule has 0 bridgehead atoms. The van der Waals surface area contributed by atoms with Crippen LogP contribution >= 0.6 is 0 Å². The van der Waals surface area contributed by atoms with Gasteiger partial charge in [-0.05, 0) is 6.92 Å². The minimum absolute atomic E-state index is 0.0475. The molecule has 0 aromatic rings. The van der Waals surface area contributed by atoms with Crippen molar-refractivity contribution in [3.05, 3.63) is 0 Å². The number of hydrogen-bond donors (Lipinski definition) is 2. The Morgan fingerprint density at radius 1 is 1.20 bits per heavy atom. The average molecular weight is 218 g/mol. The number of rotatable bonds is 9. The normalized spacial score (nSPS) is 10.0. The molecule has 0 fully saturated rings. The average Bonchev–Trinajstić information content (AvgIpc) is 2.20. The third-order valence-electron chi connectivity index (χ3n) is 1.40. The van der Waals surface area contributed by atoms with Gasteiger partial charge in [0.1, 0.15) is 12.4 Å². The lowest BCUT2D eigenvalue weighted by Gasteiger charge is -2.05. The van der Waals surface area contributed by atoms with Gasteiger partial charge < -0.3 is 20.5 Å². The highest BCUT2D eigenvalue weighted by molar-refractivity contribution is 5.84. The van der Waals surface area contributed by atoms with Gasteiger partial charge in [-0.1, -0.05) is 0 Å². The van der Waals surface area contributed by atoms with E-state index in [-0.39, 0.29) is 24.8 Å². The van der Waals surface area contributed by atoms with Gasteiger partial charge >= 0.3 is 0 Å². The molecule has 0 spiro atoms. The zero-order chi connectivity index (χ0) is 11.5. The number of ether oxygens (including phenoxy) is 2. The summed E-state index contributed by atoms with van der Waals surface area (Å²) in [6, 6.07) is 0. The van der Waals surface area contributed by atoms with Gasteiger partial charge in [0.25, 0.3) is 0 Å². The van der Waals surface area contributed by atoms with Gasteiger partial charge in [0, 0.05) is 6.54 Å². The number of hydrogen-bond acceptors (Lipinski definition) is 5. The second kappa shape index (κ2) is 9.57. The van der Waals surface area contributed by atoms with Crippen LogP contribution in [0.5, 0.6) is 0 Å². The van der Waals surface area contributed by atoms with E-state index in [4.69, 9.17) is 15.2 Å². The summed E-state index contributed by atoms with van der Waals surface area (Å²) in [6.07, 6.45) is 0. The quantitative estimate of drug-likeness (QED) is 0.469. The van der Waals surface area contributed by atoms with Crippen LogP contribution in [0, 0.1) is 0 Å². The Labute approximate surface area is 89.1 Å². The van der Waals surface area contributed by atoms with Crippen LogP contribution in [0.4, 0.5) is 0 Å². The van der Waals surface area contributed by atoms with Crippen molar-refractivity contribution in [1.29, 1.82) is 0 Å². The van der Waals surface area contributed by atoms with Crippen LogP contribution in [0.1, 0.15) is 6.92 Å². The molecule has 0 saturated carbocycles. The molecule has 6 heteroatoms. The van der Waals surface area contributed by atoms with E-state index in [0.717, 1.165) is 0 Å². The highest BCUT2D eigenvalue weighted by Gasteiger charge is 2.01. The Balaban J connectivity index is 3.20. The number of nitrogens with two attached hydrogens (primary N) is 1. The van der Waals surface area contributed by atoms with E-state index < -0.39 is 0 Å². The van der Waals surface area contributed by atoms with Gasteiger partial charge in [0.2, 0.25) is 5.91 Å². The van der Waals surface area contributed by atoms with Gasteiger partial charge in [-0.15, -0.1) is 0 Å². The predicted octanol–water partition coefficient (Wildman–Crippen LogP) is -1.32. The second-order valence-electron chi connectivity index (χ2n) is 2.93. The standard InChI is InChI=1S/C9H18N2O4/c1-8(12)6-11-9(13)7-15-5-4-14-3-2-10/h2-7,10H2,1H3,(H,11,13). The lowest BCUT2D eigenvalue weighted by atomic mass is 10.4. The van der Waals surface area contributed by atoms with E-state index in [1.807, 2.05) is 0 Å². The maximum Gasteiger partial charge on any atom is 0.246 e. The van der Waals surface area contributed by atoms with Crippen LogP contribution in [0.15, 0.2) is 0 Å². The minimum Gasteiger partial charge on any atom is -0.378 e. The molecule has 0 aromatic heterocycles. The fourth-order valence-corrected chi connectivity index (χ4v) is 0.742. The summed E-state index contributed by atoms with van der Waals surface area (Å²) in [5.41, 5.74) is 5.20. The maximum absolute atomic E-state index is 11.0. The first-order chi connectivity index (χ1) is 7.16. The number of amides is 1. The SMILES string of the molecule is CC(=O)CNC(=O)COCCOCCN. The Morgan fingerprint density at radius 3 is 2.47 bits per heavy atom. The minimum atomic E-state index is -0.302. The molecule has 0 radical (unpaired) electrons. The number of nitrogens with one attached hydrogen (secondary N) is 1. The van der Waals surface area contributed by atoms with Crippen LogP contribution in [-0.4, -0.2) is 51.2 Å². The first-order valence-corrected chi connectivity index (χ1v) is 4.78. The lowest BCUT2D eigenvalue weighted by molar-refractivity contribution is -0.128. The zero-order valence-electron chi connectivity index (χ0n) is 8.95. The topological polar surface area (TPSA) is 90.7 Å². The van der Waals surface area contributed by atoms with Gasteiger partial charge in [-0.3, -0.25) is 9.59 Å². The van der Waals surface area contributed by atoms with Crippen molar-refractivity contribution >= 4 is 11.7 Å². The van der Waals surface area contributed by atoms with E-state index in [0.29, 0.717) is 26.4 Å². The Bertz CT molecular complexity index is 197. The molecule has 3 N–H and O–H groups in total. The molecule has 15 heavy (non-hydrogen) atoms. The predicted molar refractivity (Wildman–Crippen MR) is 54.4 cm³/mol. The zero-order valence-corrected chi connectivity index (χ0v) is 8.95. The molecule has 0 aliphatic heterocycles. The van der Waals surface area contributed by atoms with Crippen molar-refractivity contribution in [2.45, 2.75) is 6.92 Å². The molecule has 88 valence electrons. The van der Waals surface area contributed by atoms with E-state index in [2.05, 4.69) is 5.32 Å². The molecule has 0 aromatic carbocycles. The number of carbonyl (C=O) groups is 2. The fourth-order valence-electron chi connectivity index (χ4n) is 0.742. The van der Waals surface area contributed by atoms with E-state index >= 15 is 0 Å². The summed E-state index contributed by atoms with van der Waals surface area (Å²) < 4.78 is 10.0. The summed E-state index contributed by atoms with van der Waals surface area (Å²) in [4.78, 5) is 21.5. The summed E-state index contributed by atoms with van der Waals surface area (Å²) >= 11 is 0. The van der Waals surface area contributed by atoms with Crippen molar-refractivity contribution in [1.82, 2.24) is 5.32 Å². The monoisotopic (exact) mass is 218 g/mol. The van der Waals surface area contributed by atoms with Crippen LogP contribution in [0.3, 0.4) is 0 Å². The van der Waals surface area contributed by atoms with E-state index in [9.17, 15) is 9.59 Å². The van der Waals surface area contributed by atoms with Crippen molar-refractivity contribution in [2.24, 2.45) is 5.73 Å². The molecule has 0 rings (SSSR count). The third kappa shape index (κ3) is 10.9. The molecule has 6 nitrogen and oxygen atoms in total. The Kier molecular flexibility index (Phi) is 8.95. The molecule has 0 aliphatic carbocycles. The van der Waals surface area contributed by atoms with Gasteiger partial charge in [-0.2, -0.15) is 0 Å². The first-order valence-electron chi connectivity index (χ1n) is 4.78. The molecule has 0 saturated heterocycles. The third-order valence-corrected chi connectivity index (χ3v) is 1.40. The van der Waals surface area contributed by atoms with Crippen LogP contribution in [0.25, 0.3) is 0 Å². The second-order valence-corrected chi connectivity index (χ2v) is 2.93. The molecule has 1 amide bonds. The van der Waals surface area contributed by atoms with E-state index in [1.165, 1.54) is 6.92 Å². The summed E-state index contributed by atoms with van der Waals surface area (Å²) in [7, 11) is 0. The summed E-state index contributed by atoms with van der Waals surface area (Å²) in [5.74, 6) is -0.390. The van der Waals surface area contributed by atoms with Crippen molar-refractivity contribution < 1.29 is 19.1 Å². The summed E-state index contributed by atoms with van der Waals surface area (Å²) in [5, 5.41) is 2.41. The lowest BCUT2D eigenvalue weighted by Crippen LogP contribution is -2.31. The van der Waals surface area contributed by atoms with Gasteiger partial charge in [-0.25, -0.2) is 0 Å². The number of ketones is 1. The Hall–Kier alpha value is -0.980. The molecule has 0 aliphatic rings. The maximum atomic E-state index is 11.0. The highest BCUT2D eigenvalue weighted by Crippen LogP contribution is 1.78. The van der Waals surface area contributed by atoms with Gasteiger partial charge in [0.05, 0.1) is 26.4 Å². The highest BCUT2D eigenvalue weighted by atomic mass is 16.5. The van der Waals surface area contributed by atoms with Crippen LogP contribution < -0.4 is 11.1 Å². The van der Waals surface area contributed by atoms with E-state index in [1.54, 1.807) is 0 Å². The largest absolute Gasteiger partial charge is 0.378 e. The molecule has 0 atom stereocenters. The molecular formula is C9H18N2O4. The molecule has 0 heterocycles. The summed E-state index contributed by atoms with van der Waals surface area (Å²) in [6.45, 7) is 3.11. The van der Waals surface area contributed by atoms with Crippen LogP contribution in [-0.2, 0) is 19.1 Å². The first kappa shape index (κ1) is 14.0. The smallest absolute Gasteiger partial charge is 0.246 e.